The van der Waals surface area contributed by atoms with E-state index in [0.717, 1.165) is 17.8 Å². The van der Waals surface area contributed by atoms with Crippen LogP contribution >= 0.6 is 11.5 Å². The van der Waals surface area contributed by atoms with Gasteiger partial charge in [0.05, 0.1) is 17.3 Å². The number of allylic oxidation sites excluding steroid dienone is 1. The molecule has 1 aromatic heterocycles. The quantitative estimate of drug-likeness (QED) is 0.884. The Kier molecular flexibility index (Phi) is 3.49. The van der Waals surface area contributed by atoms with Crippen LogP contribution in [0.3, 0.4) is 0 Å². The molecule has 7 heteroatoms. The molecular weight excluding hydrogens is 334 g/mol. The highest BCUT2D eigenvalue weighted by atomic mass is 32.1. The fourth-order valence-corrected chi connectivity index (χ4v) is 4.27. The number of aromatic amines is 1. The van der Waals surface area contributed by atoms with Gasteiger partial charge in [0.1, 0.15) is 11.6 Å². The minimum atomic E-state index is -0.980. The molecule has 0 saturated heterocycles. The van der Waals surface area contributed by atoms with Gasteiger partial charge in [-0.2, -0.15) is 4.39 Å². The van der Waals surface area contributed by atoms with Crippen LogP contribution in [-0.4, -0.2) is 17.0 Å². The lowest BCUT2D eigenvalue weighted by molar-refractivity contribution is 0.261. The van der Waals surface area contributed by atoms with Crippen molar-refractivity contribution >= 4 is 27.8 Å². The molecule has 3 heterocycles. The highest BCUT2D eigenvalue weighted by Gasteiger charge is 2.40. The van der Waals surface area contributed by atoms with Crippen LogP contribution in [0.5, 0.6) is 5.75 Å². The molecule has 0 fully saturated rings. The molecule has 1 aromatic carbocycles. The van der Waals surface area contributed by atoms with Crippen molar-refractivity contribution in [3.63, 3.8) is 0 Å². The van der Waals surface area contributed by atoms with Gasteiger partial charge in [-0.1, -0.05) is 19.4 Å². The van der Waals surface area contributed by atoms with Gasteiger partial charge in [0.2, 0.25) is 5.82 Å². The standard InChI is InChI=1S/C17H16F2N2O2S/c1-3-4-5-9-10-6-11(18)13(19)15-14(10)21(8(2)7-23-15)17-12(9)16(22)20-24-17/h5-6,8H,3-4,7H2,1-2H3,(H,20,22). The van der Waals surface area contributed by atoms with Gasteiger partial charge >= 0.3 is 0 Å². The zero-order valence-electron chi connectivity index (χ0n) is 13.3. The molecule has 1 N–H and O–H groups in total. The topological polar surface area (TPSA) is 45.3 Å². The number of unbranched alkanes of at least 4 members (excludes halogenated alkanes) is 1. The lowest BCUT2D eigenvalue weighted by Crippen LogP contribution is -2.40. The van der Waals surface area contributed by atoms with Crippen molar-refractivity contribution in [2.24, 2.45) is 0 Å². The number of hydrogen-bond acceptors (Lipinski definition) is 4. The fraction of sp³-hybridized carbons (Fsp3) is 0.353. The van der Waals surface area contributed by atoms with Crippen molar-refractivity contribution in [1.82, 2.24) is 4.37 Å². The predicted molar refractivity (Wildman–Crippen MR) is 90.4 cm³/mol. The molecule has 1 unspecified atom stereocenters. The molecule has 24 heavy (non-hydrogen) atoms. The van der Waals surface area contributed by atoms with E-state index >= 15 is 0 Å². The molecule has 0 spiro atoms. The third-order valence-corrected chi connectivity index (χ3v) is 5.28. The molecule has 2 aliphatic rings. The Balaban J connectivity index is 2.09. The summed E-state index contributed by atoms with van der Waals surface area (Å²) in [6.07, 6.45) is 3.56. The average Bonchev–Trinajstić information content (AvgIpc) is 2.94. The number of rotatable bonds is 2. The van der Waals surface area contributed by atoms with E-state index in [2.05, 4.69) is 4.37 Å². The third-order valence-electron chi connectivity index (χ3n) is 4.40. The molecule has 0 aliphatic carbocycles. The summed E-state index contributed by atoms with van der Waals surface area (Å²) in [5, 5.41) is 0.734. The Hall–Kier alpha value is -2.15. The number of H-pyrrole nitrogens is 1. The van der Waals surface area contributed by atoms with Crippen molar-refractivity contribution in [1.29, 1.82) is 0 Å². The van der Waals surface area contributed by atoms with Crippen molar-refractivity contribution in [3.05, 3.63) is 45.3 Å². The first-order valence-electron chi connectivity index (χ1n) is 7.91. The minimum absolute atomic E-state index is 0.0722. The number of fused-ring (bicyclic) bond motifs is 2. The number of ether oxygens (including phenoxy) is 1. The SMILES string of the molecule is CCCC=C1c2cc(F)c(F)c3c2N(c2s[nH]c(=O)c21)C(C)CO3. The summed E-state index contributed by atoms with van der Waals surface area (Å²) in [6.45, 7) is 4.19. The second-order valence-corrected chi connectivity index (χ2v) is 6.84. The Morgan fingerprint density at radius 2 is 2.29 bits per heavy atom. The third kappa shape index (κ3) is 1.97. The van der Waals surface area contributed by atoms with Crippen LogP contribution in [0.15, 0.2) is 16.9 Å². The molecule has 0 bridgehead atoms. The van der Waals surface area contributed by atoms with E-state index in [0.29, 0.717) is 22.4 Å². The molecular formula is C17H16F2N2O2S. The van der Waals surface area contributed by atoms with Crippen LogP contribution in [-0.2, 0) is 0 Å². The zero-order valence-corrected chi connectivity index (χ0v) is 14.1. The Morgan fingerprint density at radius 3 is 3.04 bits per heavy atom. The summed E-state index contributed by atoms with van der Waals surface area (Å²) < 4.78 is 36.6. The van der Waals surface area contributed by atoms with Crippen molar-refractivity contribution in [2.75, 3.05) is 11.5 Å². The van der Waals surface area contributed by atoms with Gasteiger partial charge < -0.3 is 9.64 Å². The smallest absolute Gasteiger partial charge is 0.268 e. The molecule has 0 amide bonds. The van der Waals surface area contributed by atoms with Crippen LogP contribution in [0.4, 0.5) is 19.5 Å². The van der Waals surface area contributed by atoms with E-state index < -0.39 is 11.6 Å². The van der Waals surface area contributed by atoms with E-state index in [1.54, 1.807) is 0 Å². The maximum absolute atomic E-state index is 14.3. The second kappa shape index (κ2) is 5.44. The van der Waals surface area contributed by atoms with Crippen molar-refractivity contribution < 1.29 is 13.5 Å². The molecule has 0 saturated carbocycles. The second-order valence-electron chi connectivity index (χ2n) is 6.05. The van der Waals surface area contributed by atoms with Crippen LogP contribution in [0.2, 0.25) is 0 Å². The predicted octanol–water partition coefficient (Wildman–Crippen LogP) is 4.18. The zero-order chi connectivity index (χ0) is 17.0. The molecule has 0 radical (unpaired) electrons. The van der Waals surface area contributed by atoms with E-state index in [9.17, 15) is 13.6 Å². The maximum Gasteiger partial charge on any atom is 0.268 e. The average molecular weight is 350 g/mol. The van der Waals surface area contributed by atoms with E-state index in [1.165, 1.54) is 17.6 Å². The van der Waals surface area contributed by atoms with Crippen LogP contribution in [0.25, 0.3) is 5.57 Å². The first-order chi connectivity index (χ1) is 11.5. The highest BCUT2D eigenvalue weighted by molar-refractivity contribution is 7.10. The monoisotopic (exact) mass is 350 g/mol. The van der Waals surface area contributed by atoms with E-state index in [1.807, 2.05) is 24.8 Å². The van der Waals surface area contributed by atoms with Gasteiger partial charge in [-0.05, 0) is 36.5 Å². The molecule has 1 atom stereocenters. The fourth-order valence-electron chi connectivity index (χ4n) is 3.31. The van der Waals surface area contributed by atoms with Gasteiger partial charge in [-0.15, -0.1) is 0 Å². The lowest BCUT2D eigenvalue weighted by atomic mass is 9.90. The van der Waals surface area contributed by atoms with E-state index in [-0.39, 0.29) is 24.0 Å². The summed E-state index contributed by atoms with van der Waals surface area (Å²) in [5.41, 5.74) is 2.01. The number of anilines is 2. The van der Waals surface area contributed by atoms with Crippen LogP contribution in [0, 0.1) is 11.6 Å². The Bertz CT molecular complexity index is 916. The molecule has 2 aromatic rings. The number of hydrogen-bond donors (Lipinski definition) is 1. The summed E-state index contributed by atoms with van der Waals surface area (Å²) in [5.74, 6) is -2.01. The van der Waals surface area contributed by atoms with Gasteiger partial charge in [-0.25, -0.2) is 4.39 Å². The number of aromatic nitrogens is 1. The summed E-state index contributed by atoms with van der Waals surface area (Å²) in [7, 11) is 0. The van der Waals surface area contributed by atoms with E-state index in [4.69, 9.17) is 4.74 Å². The minimum Gasteiger partial charge on any atom is -0.486 e. The van der Waals surface area contributed by atoms with Crippen molar-refractivity contribution in [2.45, 2.75) is 32.7 Å². The van der Waals surface area contributed by atoms with Crippen molar-refractivity contribution in [3.8, 4) is 5.75 Å². The first-order valence-corrected chi connectivity index (χ1v) is 8.72. The number of halogens is 2. The molecule has 2 aliphatic heterocycles. The Morgan fingerprint density at radius 1 is 1.50 bits per heavy atom. The Labute approximate surface area is 141 Å². The van der Waals surface area contributed by atoms with Gasteiger partial charge in [-0.3, -0.25) is 9.17 Å². The maximum atomic E-state index is 14.3. The molecule has 4 rings (SSSR count). The first kappa shape index (κ1) is 15.4. The van der Waals surface area contributed by atoms with Crippen LogP contribution < -0.4 is 15.2 Å². The molecule has 126 valence electrons. The summed E-state index contributed by atoms with van der Waals surface area (Å²) in [4.78, 5) is 14.2. The molecule has 4 nitrogen and oxygen atoms in total. The largest absolute Gasteiger partial charge is 0.486 e. The summed E-state index contributed by atoms with van der Waals surface area (Å²) >= 11 is 1.22. The van der Waals surface area contributed by atoms with Crippen LogP contribution in [0.1, 0.15) is 37.8 Å². The number of nitrogens with one attached hydrogen (secondary N) is 1. The van der Waals surface area contributed by atoms with Gasteiger partial charge in [0.15, 0.2) is 11.6 Å². The lowest BCUT2D eigenvalue weighted by Gasteiger charge is -2.40. The number of nitrogens with zero attached hydrogens (tertiary/aromatic N) is 1. The normalized spacial score (nSPS) is 19.9. The van der Waals surface area contributed by atoms with Gasteiger partial charge in [0, 0.05) is 5.56 Å². The van der Waals surface area contributed by atoms with Gasteiger partial charge in [0.25, 0.3) is 5.56 Å². The number of benzene rings is 1. The highest BCUT2D eigenvalue weighted by Crippen LogP contribution is 2.53. The summed E-state index contributed by atoms with van der Waals surface area (Å²) in [6, 6.07) is 1.09.